The molecule has 0 radical (unpaired) electrons. The van der Waals surface area contributed by atoms with Crippen LogP contribution in [0.25, 0.3) is 39.1 Å². The van der Waals surface area contributed by atoms with Crippen molar-refractivity contribution in [3.05, 3.63) is 72.5 Å². The van der Waals surface area contributed by atoms with E-state index in [0.29, 0.717) is 22.6 Å². The molecule has 5 nitrogen and oxygen atoms in total. The molecule has 0 bridgehead atoms. The first-order valence-electron chi connectivity index (χ1n) is 8.12. The largest absolute Gasteiger partial charge is 0.508 e. The third kappa shape index (κ3) is 2.23. The van der Waals surface area contributed by atoms with Gasteiger partial charge in [-0.3, -0.25) is 0 Å². The molecular weight excluding hydrogens is 331 g/mol. The fourth-order valence-electron chi connectivity index (χ4n) is 3.13. The number of phenols is 1. The Morgan fingerprint density at radius 1 is 0.962 bits per heavy atom. The topological polar surface area (TPSA) is 66.7 Å². The molecule has 0 saturated carbocycles. The van der Waals surface area contributed by atoms with Crippen molar-refractivity contribution in [1.29, 1.82) is 0 Å². The number of nitrogens with one attached hydrogen (secondary N) is 1. The van der Waals surface area contributed by atoms with Crippen molar-refractivity contribution in [2.75, 3.05) is 0 Å². The van der Waals surface area contributed by atoms with Crippen LogP contribution in [0.5, 0.6) is 5.75 Å². The molecule has 0 aliphatic rings. The summed E-state index contributed by atoms with van der Waals surface area (Å²) >= 11 is 0. The monoisotopic (exact) mass is 344 g/mol. The van der Waals surface area contributed by atoms with Gasteiger partial charge in [0.05, 0.1) is 22.2 Å². The van der Waals surface area contributed by atoms with Crippen LogP contribution in [0.3, 0.4) is 0 Å². The zero-order chi connectivity index (χ0) is 17.7. The van der Waals surface area contributed by atoms with Crippen molar-refractivity contribution < 1.29 is 9.50 Å². The Hall–Kier alpha value is -3.67. The van der Waals surface area contributed by atoms with Crippen LogP contribution in [-0.4, -0.2) is 24.9 Å². The zero-order valence-electron chi connectivity index (χ0n) is 13.5. The number of phenolic OH excluding ortho intramolecular Hbond substituents is 1. The fraction of sp³-hybridized carbons (Fsp3) is 0. The lowest BCUT2D eigenvalue weighted by molar-refractivity contribution is 0.475. The second-order valence-electron chi connectivity index (χ2n) is 6.04. The lowest BCUT2D eigenvalue weighted by Crippen LogP contribution is -1.96. The van der Waals surface area contributed by atoms with Crippen LogP contribution < -0.4 is 0 Å². The van der Waals surface area contributed by atoms with E-state index in [1.807, 2.05) is 24.3 Å². The van der Waals surface area contributed by atoms with Crippen molar-refractivity contribution in [3.63, 3.8) is 0 Å². The summed E-state index contributed by atoms with van der Waals surface area (Å²) in [6.45, 7) is 0. The van der Waals surface area contributed by atoms with E-state index in [1.54, 1.807) is 35.0 Å². The normalized spacial score (nSPS) is 11.4. The molecule has 2 aromatic heterocycles. The average molecular weight is 344 g/mol. The summed E-state index contributed by atoms with van der Waals surface area (Å²) in [7, 11) is 0. The minimum absolute atomic E-state index is 0.199. The van der Waals surface area contributed by atoms with E-state index in [9.17, 15) is 9.50 Å². The number of imidazole rings is 1. The number of aromatic amines is 1. The van der Waals surface area contributed by atoms with Crippen molar-refractivity contribution >= 4 is 21.9 Å². The summed E-state index contributed by atoms with van der Waals surface area (Å²) in [5, 5.41) is 15.2. The van der Waals surface area contributed by atoms with Crippen molar-refractivity contribution in [1.82, 2.24) is 19.7 Å². The Morgan fingerprint density at radius 2 is 1.77 bits per heavy atom. The van der Waals surface area contributed by atoms with E-state index in [-0.39, 0.29) is 11.6 Å². The molecule has 6 heteroatoms. The summed E-state index contributed by atoms with van der Waals surface area (Å²) in [5.74, 6) is 0.469. The first kappa shape index (κ1) is 14.7. The van der Waals surface area contributed by atoms with Gasteiger partial charge in [0, 0.05) is 5.39 Å². The van der Waals surface area contributed by atoms with E-state index in [2.05, 4.69) is 9.97 Å². The van der Waals surface area contributed by atoms with Gasteiger partial charge < -0.3 is 10.1 Å². The van der Waals surface area contributed by atoms with Crippen molar-refractivity contribution in [2.24, 2.45) is 0 Å². The first-order valence-corrected chi connectivity index (χ1v) is 8.12. The maximum Gasteiger partial charge on any atom is 0.159 e. The summed E-state index contributed by atoms with van der Waals surface area (Å²) in [6, 6.07) is 19.1. The Labute approximate surface area is 147 Å². The van der Waals surface area contributed by atoms with Crippen LogP contribution in [0, 0.1) is 5.82 Å². The van der Waals surface area contributed by atoms with E-state index in [0.717, 1.165) is 16.6 Å². The van der Waals surface area contributed by atoms with Crippen LogP contribution in [-0.2, 0) is 0 Å². The zero-order valence-corrected chi connectivity index (χ0v) is 13.5. The Kier molecular flexibility index (Phi) is 3.05. The summed E-state index contributed by atoms with van der Waals surface area (Å²) < 4.78 is 15.3. The molecule has 0 aliphatic carbocycles. The van der Waals surface area contributed by atoms with Gasteiger partial charge in [-0.05, 0) is 48.5 Å². The Bertz CT molecular complexity index is 1250. The van der Waals surface area contributed by atoms with Crippen LogP contribution >= 0.6 is 0 Å². The van der Waals surface area contributed by atoms with Gasteiger partial charge in [0.25, 0.3) is 0 Å². The highest BCUT2D eigenvalue weighted by atomic mass is 19.1. The molecule has 3 aromatic carbocycles. The van der Waals surface area contributed by atoms with Gasteiger partial charge in [0.1, 0.15) is 17.3 Å². The van der Waals surface area contributed by atoms with Crippen molar-refractivity contribution in [3.8, 4) is 23.0 Å². The molecule has 2 N–H and O–H groups in total. The molecule has 2 heterocycles. The second kappa shape index (κ2) is 5.42. The maximum absolute atomic E-state index is 13.5. The van der Waals surface area contributed by atoms with Crippen molar-refractivity contribution in [2.45, 2.75) is 0 Å². The molecule has 0 aliphatic heterocycles. The smallest absolute Gasteiger partial charge is 0.159 e. The second-order valence-corrected chi connectivity index (χ2v) is 6.04. The number of nitrogens with zero attached hydrogens (tertiary/aromatic N) is 3. The highest BCUT2D eigenvalue weighted by molar-refractivity contribution is 5.94. The van der Waals surface area contributed by atoms with Gasteiger partial charge in [0.2, 0.25) is 0 Å². The third-order valence-corrected chi connectivity index (χ3v) is 4.35. The Balaban J connectivity index is 1.76. The molecule has 0 fully saturated rings. The lowest BCUT2D eigenvalue weighted by Gasteiger charge is -2.03. The number of hydrogen-bond acceptors (Lipinski definition) is 3. The fourth-order valence-corrected chi connectivity index (χ4v) is 3.13. The number of hydrogen-bond donors (Lipinski definition) is 2. The molecule has 0 atom stereocenters. The molecule has 5 rings (SSSR count). The molecule has 0 unspecified atom stereocenters. The number of rotatable bonds is 2. The predicted molar refractivity (Wildman–Crippen MR) is 97.8 cm³/mol. The number of halogens is 1. The standard InChI is InChI=1S/C20H13FN4O/c21-12-5-10-16-17(11-12)23-20(22-16)19-15-3-1-2-4-18(15)25(24-19)13-6-8-14(26)9-7-13/h1-11,26H,(H,22,23). The van der Waals surface area contributed by atoms with Crippen LogP contribution in [0.15, 0.2) is 66.7 Å². The number of fused-ring (bicyclic) bond motifs is 2. The number of benzene rings is 3. The maximum atomic E-state index is 13.5. The van der Waals surface area contributed by atoms with Gasteiger partial charge in [-0.15, -0.1) is 0 Å². The molecule has 0 amide bonds. The molecule has 0 saturated heterocycles. The summed E-state index contributed by atoms with van der Waals surface area (Å²) in [6.07, 6.45) is 0. The highest BCUT2D eigenvalue weighted by Gasteiger charge is 2.16. The third-order valence-electron chi connectivity index (χ3n) is 4.35. The van der Waals surface area contributed by atoms with Gasteiger partial charge >= 0.3 is 0 Å². The molecule has 26 heavy (non-hydrogen) atoms. The van der Waals surface area contributed by atoms with Crippen LogP contribution in [0.2, 0.25) is 0 Å². The number of para-hydroxylation sites is 1. The summed E-state index contributed by atoms with van der Waals surface area (Å²) in [5.41, 5.74) is 3.74. The predicted octanol–water partition coefficient (Wildman–Crippen LogP) is 4.41. The van der Waals surface area contributed by atoms with Gasteiger partial charge in [-0.25, -0.2) is 14.1 Å². The Morgan fingerprint density at radius 3 is 2.62 bits per heavy atom. The minimum atomic E-state index is -0.313. The van der Waals surface area contributed by atoms with E-state index >= 15 is 0 Å². The molecular formula is C20H13FN4O. The van der Waals surface area contributed by atoms with Gasteiger partial charge in [-0.1, -0.05) is 18.2 Å². The minimum Gasteiger partial charge on any atom is -0.508 e. The SMILES string of the molecule is Oc1ccc(-n2nc(-c3nc4ccc(F)cc4[nH]3)c3ccccc32)cc1. The van der Waals surface area contributed by atoms with Gasteiger partial charge in [-0.2, -0.15) is 5.10 Å². The average Bonchev–Trinajstić information content (AvgIpc) is 3.23. The molecule has 0 spiro atoms. The number of aromatic nitrogens is 4. The first-order chi connectivity index (χ1) is 12.7. The van der Waals surface area contributed by atoms with E-state index < -0.39 is 0 Å². The lowest BCUT2D eigenvalue weighted by atomic mass is 10.2. The summed E-state index contributed by atoms with van der Waals surface area (Å²) in [4.78, 5) is 7.71. The molecule has 126 valence electrons. The van der Waals surface area contributed by atoms with Gasteiger partial charge in [0.15, 0.2) is 5.82 Å². The van der Waals surface area contributed by atoms with E-state index in [1.165, 1.54) is 12.1 Å². The van der Waals surface area contributed by atoms with Crippen LogP contribution in [0.4, 0.5) is 4.39 Å². The number of H-pyrrole nitrogens is 1. The quantitative estimate of drug-likeness (QED) is 0.498. The van der Waals surface area contributed by atoms with Crippen LogP contribution in [0.1, 0.15) is 0 Å². The highest BCUT2D eigenvalue weighted by Crippen LogP contribution is 2.30. The number of aromatic hydroxyl groups is 1. The van der Waals surface area contributed by atoms with E-state index in [4.69, 9.17) is 5.10 Å². The molecule has 5 aromatic rings.